The molecule has 1 atom stereocenters. The summed E-state index contributed by atoms with van der Waals surface area (Å²) in [5, 5.41) is 19.7. The van der Waals surface area contributed by atoms with Gasteiger partial charge in [0.2, 0.25) is 5.91 Å². The van der Waals surface area contributed by atoms with Crippen molar-refractivity contribution in [3.63, 3.8) is 0 Å². The maximum absolute atomic E-state index is 12.9. The van der Waals surface area contributed by atoms with Gasteiger partial charge >= 0.3 is 0 Å². The zero-order valence-electron chi connectivity index (χ0n) is 19.9. The van der Waals surface area contributed by atoms with Gasteiger partial charge in [-0.15, -0.1) is 10.2 Å². The fraction of sp³-hybridized carbons (Fsp3) is 0.500. The molecule has 4 rings (SSSR count). The lowest BCUT2D eigenvalue weighted by molar-refractivity contribution is -0.115. The summed E-state index contributed by atoms with van der Waals surface area (Å²) in [4.78, 5) is 12.9. The van der Waals surface area contributed by atoms with E-state index in [0.29, 0.717) is 30.6 Å². The molecule has 9 nitrogen and oxygen atoms in total. The Bertz CT molecular complexity index is 1090. The number of methoxy groups -OCH3 is 1. The molecule has 34 heavy (non-hydrogen) atoms. The van der Waals surface area contributed by atoms with Crippen LogP contribution in [0.4, 0.5) is 11.5 Å². The molecule has 1 amide bonds. The lowest BCUT2D eigenvalue weighted by Crippen LogP contribution is -2.26. The number of carbonyl (C=O) groups is 1. The highest BCUT2D eigenvalue weighted by molar-refractivity contribution is 8.00. The van der Waals surface area contributed by atoms with Gasteiger partial charge in [0.1, 0.15) is 11.5 Å². The fourth-order valence-corrected chi connectivity index (χ4v) is 5.25. The molecule has 1 aromatic carbocycles. The van der Waals surface area contributed by atoms with Crippen LogP contribution < -0.4 is 15.4 Å². The first-order valence-electron chi connectivity index (χ1n) is 11.8. The van der Waals surface area contributed by atoms with E-state index in [-0.39, 0.29) is 11.2 Å². The molecule has 3 aromatic rings. The SMILES string of the molecule is CCC(Sc1nnc(CNc2cccc(OC)c2)n1C1CCCCC1)C(=O)Nc1cc(C)on1. The number of ether oxygens (including phenoxy) is 1. The van der Waals surface area contributed by atoms with Gasteiger partial charge in [0.25, 0.3) is 0 Å². The van der Waals surface area contributed by atoms with Crippen molar-refractivity contribution in [2.75, 3.05) is 17.7 Å². The van der Waals surface area contributed by atoms with Crippen LogP contribution in [-0.4, -0.2) is 38.2 Å². The van der Waals surface area contributed by atoms with E-state index in [1.54, 1.807) is 20.1 Å². The predicted molar refractivity (Wildman–Crippen MR) is 132 cm³/mol. The number of anilines is 2. The monoisotopic (exact) mass is 484 g/mol. The summed E-state index contributed by atoms with van der Waals surface area (Å²) in [6.45, 7) is 4.33. The van der Waals surface area contributed by atoms with Crippen LogP contribution >= 0.6 is 11.8 Å². The number of amides is 1. The molecule has 0 radical (unpaired) electrons. The lowest BCUT2D eigenvalue weighted by Gasteiger charge is -2.26. The topological polar surface area (TPSA) is 107 Å². The zero-order chi connectivity index (χ0) is 23.9. The van der Waals surface area contributed by atoms with Crippen LogP contribution in [0.5, 0.6) is 5.75 Å². The molecule has 0 aliphatic heterocycles. The van der Waals surface area contributed by atoms with Crippen molar-refractivity contribution in [1.29, 1.82) is 0 Å². The van der Waals surface area contributed by atoms with E-state index in [1.807, 2.05) is 31.2 Å². The summed E-state index contributed by atoms with van der Waals surface area (Å²) in [5.41, 5.74) is 0.959. The Kier molecular flexibility index (Phi) is 8.10. The Hall–Kier alpha value is -3.01. The Balaban J connectivity index is 1.52. The van der Waals surface area contributed by atoms with Gasteiger partial charge in [0, 0.05) is 23.9 Å². The van der Waals surface area contributed by atoms with Crippen molar-refractivity contribution in [1.82, 2.24) is 19.9 Å². The molecule has 182 valence electrons. The highest BCUT2D eigenvalue weighted by Gasteiger charge is 2.27. The van der Waals surface area contributed by atoms with E-state index in [2.05, 4.69) is 30.6 Å². The second-order valence-corrected chi connectivity index (χ2v) is 9.64. The molecule has 1 aliphatic carbocycles. The number of nitrogens with one attached hydrogen (secondary N) is 2. The standard InChI is InChI=1S/C24H32N6O3S/c1-4-20(23(31)26-21-13-16(2)33-29-21)34-24-28-27-22(30(24)18-10-6-5-7-11-18)15-25-17-9-8-12-19(14-17)32-3/h8-9,12-14,18,20,25H,4-7,10-11,15H2,1-3H3,(H,26,29,31). The number of carbonyl (C=O) groups excluding carboxylic acids is 1. The van der Waals surface area contributed by atoms with Gasteiger partial charge < -0.3 is 24.5 Å². The van der Waals surface area contributed by atoms with Gasteiger partial charge in [0.05, 0.1) is 18.9 Å². The van der Waals surface area contributed by atoms with Crippen LogP contribution in [-0.2, 0) is 11.3 Å². The number of thioether (sulfide) groups is 1. The molecule has 1 unspecified atom stereocenters. The van der Waals surface area contributed by atoms with Gasteiger partial charge in [-0.05, 0) is 38.3 Å². The summed E-state index contributed by atoms with van der Waals surface area (Å²) in [6.07, 6.45) is 6.49. The molecule has 0 saturated heterocycles. The average molecular weight is 485 g/mol. The average Bonchev–Trinajstić information content (AvgIpc) is 3.46. The van der Waals surface area contributed by atoms with Crippen molar-refractivity contribution in [2.45, 2.75) is 75.4 Å². The Morgan fingerprint density at radius 1 is 1.26 bits per heavy atom. The number of rotatable bonds is 10. The van der Waals surface area contributed by atoms with Crippen LogP contribution in [0.2, 0.25) is 0 Å². The minimum atomic E-state index is -0.317. The van der Waals surface area contributed by atoms with Crippen LogP contribution in [0.3, 0.4) is 0 Å². The molecule has 1 fully saturated rings. The maximum atomic E-state index is 12.9. The summed E-state index contributed by atoms with van der Waals surface area (Å²) >= 11 is 1.46. The number of benzene rings is 1. The van der Waals surface area contributed by atoms with E-state index in [4.69, 9.17) is 9.26 Å². The zero-order valence-corrected chi connectivity index (χ0v) is 20.7. The first-order valence-corrected chi connectivity index (χ1v) is 12.7. The first kappa shape index (κ1) is 24.1. The van der Waals surface area contributed by atoms with Gasteiger partial charge in [-0.3, -0.25) is 4.79 Å². The third-order valence-corrected chi connectivity index (χ3v) is 7.31. The molecule has 2 aromatic heterocycles. The highest BCUT2D eigenvalue weighted by Crippen LogP contribution is 2.35. The van der Waals surface area contributed by atoms with E-state index in [1.165, 1.54) is 31.0 Å². The van der Waals surface area contributed by atoms with Crippen LogP contribution in [0.15, 0.2) is 40.0 Å². The second-order valence-electron chi connectivity index (χ2n) is 8.47. The molecule has 0 bridgehead atoms. The van der Waals surface area contributed by atoms with E-state index in [0.717, 1.165) is 35.3 Å². The minimum Gasteiger partial charge on any atom is -0.497 e. The van der Waals surface area contributed by atoms with Crippen LogP contribution in [0.25, 0.3) is 0 Å². The van der Waals surface area contributed by atoms with Crippen LogP contribution in [0, 0.1) is 6.92 Å². The summed E-state index contributed by atoms with van der Waals surface area (Å²) < 4.78 is 12.6. The van der Waals surface area contributed by atoms with Crippen molar-refractivity contribution in [2.24, 2.45) is 0 Å². The molecule has 0 spiro atoms. The van der Waals surface area contributed by atoms with Gasteiger partial charge in [-0.1, -0.05) is 49.2 Å². The van der Waals surface area contributed by atoms with Crippen molar-refractivity contribution >= 4 is 29.2 Å². The highest BCUT2D eigenvalue weighted by atomic mass is 32.2. The molecular weight excluding hydrogens is 452 g/mol. The largest absolute Gasteiger partial charge is 0.497 e. The Morgan fingerprint density at radius 3 is 2.79 bits per heavy atom. The molecular formula is C24H32N6O3S. The van der Waals surface area contributed by atoms with Crippen LogP contribution in [0.1, 0.15) is 63.1 Å². The normalized spacial score (nSPS) is 15.1. The van der Waals surface area contributed by atoms with Gasteiger partial charge in [0.15, 0.2) is 16.8 Å². The summed E-state index contributed by atoms with van der Waals surface area (Å²) in [7, 11) is 1.66. The summed E-state index contributed by atoms with van der Waals surface area (Å²) in [5.74, 6) is 2.64. The van der Waals surface area contributed by atoms with Crippen molar-refractivity contribution < 1.29 is 14.1 Å². The van der Waals surface area contributed by atoms with E-state index in [9.17, 15) is 4.79 Å². The number of hydrogen-bond acceptors (Lipinski definition) is 8. The molecule has 2 heterocycles. The molecule has 1 saturated carbocycles. The first-order chi connectivity index (χ1) is 16.6. The number of nitrogens with zero attached hydrogens (tertiary/aromatic N) is 4. The number of aryl methyl sites for hydroxylation is 1. The lowest BCUT2D eigenvalue weighted by atomic mass is 9.95. The smallest absolute Gasteiger partial charge is 0.239 e. The quantitative estimate of drug-likeness (QED) is 0.378. The number of hydrogen-bond donors (Lipinski definition) is 2. The minimum absolute atomic E-state index is 0.116. The van der Waals surface area contributed by atoms with E-state index >= 15 is 0 Å². The van der Waals surface area contributed by atoms with E-state index < -0.39 is 0 Å². The molecule has 2 N–H and O–H groups in total. The van der Waals surface area contributed by atoms with Gasteiger partial charge in [-0.2, -0.15) is 0 Å². The third-order valence-electron chi connectivity index (χ3n) is 5.99. The summed E-state index contributed by atoms with van der Waals surface area (Å²) in [6, 6.07) is 9.88. The van der Waals surface area contributed by atoms with Crippen molar-refractivity contribution in [3.8, 4) is 5.75 Å². The van der Waals surface area contributed by atoms with Gasteiger partial charge in [-0.25, -0.2) is 0 Å². The predicted octanol–water partition coefficient (Wildman–Crippen LogP) is 5.21. The molecule has 1 aliphatic rings. The Labute approximate surface area is 204 Å². The molecule has 10 heteroatoms. The Morgan fingerprint density at radius 2 is 2.09 bits per heavy atom. The maximum Gasteiger partial charge on any atom is 0.239 e. The fourth-order valence-electron chi connectivity index (χ4n) is 4.21. The van der Waals surface area contributed by atoms with Crippen molar-refractivity contribution in [3.05, 3.63) is 41.9 Å². The second kappa shape index (κ2) is 11.4. The third kappa shape index (κ3) is 5.91. The number of aromatic nitrogens is 4.